The molecule has 0 bridgehead atoms. The number of nitrogens with zero attached hydrogens (tertiary/aromatic N) is 2. The molecule has 7 heteroatoms. The number of halogens is 3. The van der Waals surface area contributed by atoms with Gasteiger partial charge >= 0.3 is 6.18 Å². The van der Waals surface area contributed by atoms with E-state index < -0.39 is 11.7 Å². The van der Waals surface area contributed by atoms with E-state index in [0.717, 1.165) is 30.9 Å². The molecule has 1 aromatic carbocycles. The lowest BCUT2D eigenvalue weighted by Crippen LogP contribution is -2.56. The molecule has 128 valence electrons. The van der Waals surface area contributed by atoms with Crippen molar-refractivity contribution in [3.05, 3.63) is 52.7 Å². The Morgan fingerprint density at radius 2 is 2.04 bits per heavy atom. The molecule has 2 aliphatic heterocycles. The number of alkyl halides is 3. The maximum Gasteiger partial charge on any atom is 0.416 e. The Morgan fingerprint density at radius 3 is 2.60 bits per heavy atom. The van der Waals surface area contributed by atoms with Gasteiger partial charge in [-0.1, -0.05) is 6.08 Å². The van der Waals surface area contributed by atoms with E-state index in [0.29, 0.717) is 17.2 Å². The smallest absolute Gasteiger partial charge is 0.381 e. The van der Waals surface area contributed by atoms with Crippen LogP contribution in [-0.4, -0.2) is 31.4 Å². The van der Waals surface area contributed by atoms with Gasteiger partial charge in [0.2, 0.25) is 0 Å². The number of nitrogens with one attached hydrogen (secondary N) is 2. The van der Waals surface area contributed by atoms with E-state index in [9.17, 15) is 13.2 Å². The van der Waals surface area contributed by atoms with E-state index in [1.807, 2.05) is 18.2 Å². The van der Waals surface area contributed by atoms with E-state index in [-0.39, 0.29) is 17.5 Å². The van der Waals surface area contributed by atoms with Crippen LogP contribution in [0, 0.1) is 17.2 Å². The first-order valence-corrected chi connectivity index (χ1v) is 8.01. The molecule has 2 unspecified atom stereocenters. The monoisotopic (exact) mass is 344 g/mol. The maximum atomic E-state index is 13.1. The topological polar surface area (TPSA) is 60.2 Å². The van der Waals surface area contributed by atoms with Gasteiger partial charge in [-0.2, -0.15) is 18.4 Å². The summed E-state index contributed by atoms with van der Waals surface area (Å²) < 4.78 is 39.4. The number of rotatable bonds is 3. The van der Waals surface area contributed by atoms with Crippen molar-refractivity contribution in [1.82, 2.24) is 10.6 Å². The fraction of sp³-hybridized carbons (Fsp3) is 0.333. The number of benzene rings is 1. The predicted octanol–water partition coefficient (Wildman–Crippen LogP) is 2.49. The van der Waals surface area contributed by atoms with E-state index in [2.05, 4.69) is 15.6 Å². The number of allylic oxidation sites excluding steroid dienone is 2. The van der Waals surface area contributed by atoms with Crippen LogP contribution < -0.4 is 10.6 Å². The molecule has 0 amide bonds. The molecule has 2 heterocycles. The Hall–Kier alpha value is -2.59. The highest BCUT2D eigenvalue weighted by Crippen LogP contribution is 2.36. The van der Waals surface area contributed by atoms with Crippen LogP contribution in [0.4, 0.5) is 13.2 Å². The van der Waals surface area contributed by atoms with E-state index in [1.165, 1.54) is 6.07 Å². The SMILES string of the molecule is N#Cc1cc(C2=CC3C=NC3C(NC3CNC3)=C2)cc(C(F)(F)F)c1. The molecule has 0 spiro atoms. The van der Waals surface area contributed by atoms with Gasteiger partial charge < -0.3 is 10.6 Å². The van der Waals surface area contributed by atoms with Gasteiger partial charge in [0.1, 0.15) is 6.04 Å². The fourth-order valence-corrected chi connectivity index (χ4v) is 3.16. The molecule has 1 saturated heterocycles. The van der Waals surface area contributed by atoms with Crippen LogP contribution in [-0.2, 0) is 6.18 Å². The minimum atomic E-state index is -4.49. The van der Waals surface area contributed by atoms with E-state index in [1.54, 1.807) is 6.21 Å². The molecule has 4 nitrogen and oxygen atoms in total. The molecule has 1 fully saturated rings. The second-order valence-electron chi connectivity index (χ2n) is 6.45. The Labute approximate surface area is 142 Å². The van der Waals surface area contributed by atoms with Crippen molar-refractivity contribution < 1.29 is 13.2 Å². The molecule has 0 radical (unpaired) electrons. The summed E-state index contributed by atoms with van der Waals surface area (Å²) in [5.74, 6) is 0.0793. The highest BCUT2D eigenvalue weighted by atomic mass is 19.4. The Morgan fingerprint density at radius 1 is 1.24 bits per heavy atom. The number of hydrogen-bond donors (Lipinski definition) is 2. The Kier molecular flexibility index (Phi) is 3.65. The van der Waals surface area contributed by atoms with Crippen molar-refractivity contribution in [3.63, 3.8) is 0 Å². The fourth-order valence-electron chi connectivity index (χ4n) is 3.16. The number of fused-ring (bicyclic) bond motifs is 1. The molecule has 3 aliphatic rings. The summed E-state index contributed by atoms with van der Waals surface area (Å²) in [5.41, 5.74) is 1.20. The van der Waals surface area contributed by atoms with Crippen LogP contribution in [0.3, 0.4) is 0 Å². The summed E-state index contributed by atoms with van der Waals surface area (Å²) in [7, 11) is 0. The van der Waals surface area contributed by atoms with Crippen LogP contribution in [0.1, 0.15) is 16.7 Å². The average molecular weight is 344 g/mol. The van der Waals surface area contributed by atoms with Gasteiger partial charge in [0, 0.05) is 30.9 Å². The van der Waals surface area contributed by atoms with Crippen molar-refractivity contribution in [2.75, 3.05) is 13.1 Å². The summed E-state index contributed by atoms with van der Waals surface area (Å²) in [4.78, 5) is 4.35. The molecule has 1 aliphatic carbocycles. The first-order chi connectivity index (χ1) is 11.9. The van der Waals surface area contributed by atoms with Crippen LogP contribution in [0.5, 0.6) is 0 Å². The molecule has 25 heavy (non-hydrogen) atoms. The first kappa shape index (κ1) is 15.9. The predicted molar refractivity (Wildman–Crippen MR) is 87.8 cm³/mol. The van der Waals surface area contributed by atoms with Gasteiger partial charge in [-0.05, 0) is 35.4 Å². The summed E-state index contributed by atoms with van der Waals surface area (Å²) in [5, 5.41) is 15.7. The highest BCUT2D eigenvalue weighted by molar-refractivity contribution is 5.85. The van der Waals surface area contributed by atoms with Crippen LogP contribution in [0.2, 0.25) is 0 Å². The van der Waals surface area contributed by atoms with Crippen molar-refractivity contribution in [3.8, 4) is 6.07 Å². The van der Waals surface area contributed by atoms with Crippen molar-refractivity contribution in [1.29, 1.82) is 5.26 Å². The summed E-state index contributed by atoms with van der Waals surface area (Å²) in [6.45, 7) is 1.72. The normalized spacial score (nSPS) is 25.0. The van der Waals surface area contributed by atoms with Gasteiger partial charge in [-0.3, -0.25) is 4.99 Å². The lowest BCUT2D eigenvalue weighted by atomic mass is 9.83. The third kappa shape index (κ3) is 2.94. The highest BCUT2D eigenvalue weighted by Gasteiger charge is 2.35. The van der Waals surface area contributed by atoms with E-state index in [4.69, 9.17) is 5.26 Å². The molecule has 2 atom stereocenters. The summed E-state index contributed by atoms with van der Waals surface area (Å²) in [6.07, 6.45) is 1.09. The zero-order valence-electron chi connectivity index (χ0n) is 13.1. The van der Waals surface area contributed by atoms with Crippen LogP contribution in [0.25, 0.3) is 5.57 Å². The van der Waals surface area contributed by atoms with Crippen molar-refractivity contribution in [2.45, 2.75) is 18.3 Å². The van der Waals surface area contributed by atoms with Crippen molar-refractivity contribution >= 4 is 11.8 Å². The van der Waals surface area contributed by atoms with Crippen molar-refractivity contribution in [2.24, 2.45) is 10.9 Å². The second-order valence-corrected chi connectivity index (χ2v) is 6.45. The number of aliphatic imine (C=N–C) groups is 1. The summed E-state index contributed by atoms with van der Waals surface area (Å²) >= 11 is 0. The van der Waals surface area contributed by atoms with Crippen LogP contribution in [0.15, 0.2) is 41.0 Å². The quantitative estimate of drug-likeness (QED) is 0.886. The first-order valence-electron chi connectivity index (χ1n) is 8.01. The molecular formula is C18H15F3N4. The summed E-state index contributed by atoms with van der Waals surface area (Å²) in [6, 6.07) is 5.63. The zero-order valence-corrected chi connectivity index (χ0v) is 13.1. The Balaban J connectivity index is 1.72. The molecule has 0 aromatic heterocycles. The minimum Gasteiger partial charge on any atom is -0.381 e. The lowest BCUT2D eigenvalue weighted by molar-refractivity contribution is -0.137. The van der Waals surface area contributed by atoms with Gasteiger partial charge in [-0.25, -0.2) is 0 Å². The number of hydrogen-bond acceptors (Lipinski definition) is 4. The van der Waals surface area contributed by atoms with E-state index >= 15 is 0 Å². The van der Waals surface area contributed by atoms with Gasteiger partial charge in [0.05, 0.1) is 23.2 Å². The standard InChI is InChI=1S/C18H15F3N4/c19-18(20,21)14-2-10(6-22)1-11(4-14)12-3-13-7-24-17(13)16(5-12)25-15-8-23-9-15/h1-5,7,13,15,17,23,25H,8-9H2. The third-order valence-corrected chi connectivity index (χ3v) is 4.66. The zero-order chi connectivity index (χ0) is 17.6. The Bertz CT molecular complexity index is 841. The van der Waals surface area contributed by atoms with Gasteiger partial charge in [0.15, 0.2) is 0 Å². The molecular weight excluding hydrogens is 329 g/mol. The lowest BCUT2D eigenvalue weighted by Gasteiger charge is -2.37. The second kappa shape index (κ2) is 5.74. The van der Waals surface area contributed by atoms with Gasteiger partial charge in [0.25, 0.3) is 0 Å². The van der Waals surface area contributed by atoms with Gasteiger partial charge in [-0.15, -0.1) is 0 Å². The number of nitriles is 1. The molecule has 1 aromatic rings. The average Bonchev–Trinajstić information content (AvgIpc) is 2.51. The largest absolute Gasteiger partial charge is 0.416 e. The molecule has 4 rings (SSSR count). The molecule has 2 N–H and O–H groups in total. The minimum absolute atomic E-state index is 0.00114. The maximum absolute atomic E-state index is 13.1. The third-order valence-electron chi connectivity index (χ3n) is 4.66. The van der Waals surface area contributed by atoms with Crippen LogP contribution >= 0.6 is 0 Å². The molecule has 0 saturated carbocycles.